The normalized spacial score (nSPS) is 16.3. The molecule has 122 valence electrons. The minimum Gasteiger partial charge on any atom is -0.315 e. The Hall–Kier alpha value is -0.250. The van der Waals surface area contributed by atoms with E-state index in [0.29, 0.717) is 6.04 Å². The summed E-state index contributed by atoms with van der Waals surface area (Å²) in [6, 6.07) is 0.715. The number of rotatable bonds is 12. The van der Waals surface area contributed by atoms with Gasteiger partial charge in [0.1, 0.15) is 0 Å². The number of nitrogens with zero attached hydrogens (tertiary/aromatic N) is 1. The molecule has 1 rings (SSSR count). The lowest BCUT2D eigenvalue weighted by Crippen LogP contribution is -2.39. The lowest BCUT2D eigenvalue weighted by Gasteiger charge is -2.28. The van der Waals surface area contributed by atoms with Crippen LogP contribution in [0.3, 0.4) is 0 Å². The van der Waals surface area contributed by atoms with Gasteiger partial charge in [-0.15, -0.1) is 0 Å². The molecular formula is C18H34N2S. The van der Waals surface area contributed by atoms with Crippen molar-refractivity contribution in [3.8, 4) is 0 Å². The fraction of sp³-hybridized carbons (Fsp3) is 0.778. The van der Waals surface area contributed by atoms with E-state index < -0.39 is 0 Å². The number of thioether (sulfide) groups is 1. The van der Waals surface area contributed by atoms with Crippen LogP contribution in [0.15, 0.2) is 23.8 Å². The molecule has 0 fully saturated rings. The van der Waals surface area contributed by atoms with Crippen molar-refractivity contribution in [3.63, 3.8) is 0 Å². The second-order valence-corrected chi connectivity index (χ2v) is 6.99. The molecule has 0 aromatic heterocycles. The van der Waals surface area contributed by atoms with Crippen LogP contribution in [0.2, 0.25) is 0 Å². The fourth-order valence-electron chi connectivity index (χ4n) is 2.57. The largest absolute Gasteiger partial charge is 0.315 e. The summed E-state index contributed by atoms with van der Waals surface area (Å²) in [6.07, 6.45) is 11.7. The minimum atomic E-state index is 0.715. The van der Waals surface area contributed by atoms with E-state index in [-0.39, 0.29) is 0 Å². The van der Waals surface area contributed by atoms with E-state index in [4.69, 9.17) is 0 Å². The van der Waals surface area contributed by atoms with E-state index in [0.717, 1.165) is 13.1 Å². The Labute approximate surface area is 136 Å². The highest BCUT2D eigenvalue weighted by molar-refractivity contribution is 7.99. The summed E-state index contributed by atoms with van der Waals surface area (Å²) in [4.78, 5) is 2.61. The van der Waals surface area contributed by atoms with Crippen LogP contribution in [-0.2, 0) is 0 Å². The van der Waals surface area contributed by atoms with Crippen LogP contribution >= 0.6 is 11.8 Å². The molecule has 0 saturated carbocycles. The number of nitrogens with one attached hydrogen (secondary N) is 1. The molecule has 0 aromatic rings. The van der Waals surface area contributed by atoms with Crippen LogP contribution in [-0.4, -0.2) is 48.6 Å². The zero-order valence-corrected chi connectivity index (χ0v) is 15.1. The van der Waals surface area contributed by atoms with Crippen LogP contribution in [0.25, 0.3) is 0 Å². The summed E-state index contributed by atoms with van der Waals surface area (Å²) >= 11 is 2.06. The van der Waals surface area contributed by atoms with Gasteiger partial charge in [-0.25, -0.2) is 0 Å². The van der Waals surface area contributed by atoms with Gasteiger partial charge in [0.25, 0.3) is 0 Å². The Morgan fingerprint density at radius 2 is 2.14 bits per heavy atom. The van der Waals surface area contributed by atoms with Crippen molar-refractivity contribution in [2.24, 2.45) is 0 Å². The van der Waals surface area contributed by atoms with E-state index >= 15 is 0 Å². The van der Waals surface area contributed by atoms with Crippen LogP contribution < -0.4 is 5.32 Å². The first kappa shape index (κ1) is 18.8. The molecule has 0 spiro atoms. The molecule has 2 nitrogen and oxygen atoms in total. The van der Waals surface area contributed by atoms with Gasteiger partial charge in [0, 0.05) is 37.2 Å². The molecule has 3 heteroatoms. The Balaban J connectivity index is 2.00. The molecule has 1 atom stereocenters. The van der Waals surface area contributed by atoms with Crippen LogP contribution in [0.4, 0.5) is 0 Å². The van der Waals surface area contributed by atoms with Crippen LogP contribution in [0.5, 0.6) is 0 Å². The lowest BCUT2D eigenvalue weighted by molar-refractivity contribution is 0.205. The maximum Gasteiger partial charge on any atom is 0.0147 e. The lowest BCUT2D eigenvalue weighted by atomic mass is 10.1. The Morgan fingerprint density at radius 1 is 1.29 bits per heavy atom. The number of allylic oxidation sites excluding steroid dienone is 3. The summed E-state index contributed by atoms with van der Waals surface area (Å²) in [6.45, 7) is 11.6. The highest BCUT2D eigenvalue weighted by atomic mass is 32.2. The Kier molecular flexibility index (Phi) is 11.0. The molecule has 0 amide bonds. The van der Waals surface area contributed by atoms with Gasteiger partial charge in [-0.3, -0.25) is 4.90 Å². The first-order chi connectivity index (χ1) is 10.3. The molecule has 0 radical (unpaired) electrons. The van der Waals surface area contributed by atoms with E-state index in [2.05, 4.69) is 61.0 Å². The van der Waals surface area contributed by atoms with E-state index in [1.54, 1.807) is 5.57 Å². The summed E-state index contributed by atoms with van der Waals surface area (Å²) < 4.78 is 0. The zero-order chi connectivity index (χ0) is 15.3. The molecule has 1 N–H and O–H groups in total. The molecule has 0 heterocycles. The molecule has 0 aromatic carbocycles. The van der Waals surface area contributed by atoms with Crippen molar-refractivity contribution < 1.29 is 0 Å². The highest BCUT2D eigenvalue weighted by Crippen LogP contribution is 2.16. The van der Waals surface area contributed by atoms with Gasteiger partial charge in [-0.1, -0.05) is 37.6 Å². The summed E-state index contributed by atoms with van der Waals surface area (Å²) in [5, 5.41) is 3.60. The van der Waals surface area contributed by atoms with E-state index in [1.165, 1.54) is 50.3 Å². The van der Waals surface area contributed by atoms with Crippen molar-refractivity contribution in [2.45, 2.75) is 52.5 Å². The standard InChI is InChI=1S/C18H34N2S/c1-4-13-20(17(3)5-2)14-11-19-12-15-21-16-18-9-7-6-8-10-18/h6-7,9,17,19H,4-5,8,10-16H2,1-3H3. The van der Waals surface area contributed by atoms with Crippen molar-refractivity contribution in [1.82, 2.24) is 10.2 Å². The quantitative estimate of drug-likeness (QED) is 0.546. The maximum absolute atomic E-state index is 3.60. The molecule has 0 aliphatic heterocycles. The van der Waals surface area contributed by atoms with Gasteiger partial charge in [-0.05, 0) is 39.2 Å². The molecule has 1 aliphatic carbocycles. The Bertz CT molecular complexity index is 312. The average molecular weight is 311 g/mol. The van der Waals surface area contributed by atoms with Gasteiger partial charge in [0.05, 0.1) is 0 Å². The summed E-state index contributed by atoms with van der Waals surface area (Å²) in [5.41, 5.74) is 1.60. The summed E-state index contributed by atoms with van der Waals surface area (Å²) in [5.74, 6) is 2.43. The second kappa shape index (κ2) is 12.3. The first-order valence-corrected chi connectivity index (χ1v) is 9.80. The van der Waals surface area contributed by atoms with Crippen molar-refractivity contribution >= 4 is 11.8 Å². The van der Waals surface area contributed by atoms with Crippen molar-refractivity contribution in [3.05, 3.63) is 23.8 Å². The van der Waals surface area contributed by atoms with Crippen molar-refractivity contribution in [1.29, 1.82) is 0 Å². The smallest absolute Gasteiger partial charge is 0.0147 e. The summed E-state index contributed by atoms with van der Waals surface area (Å²) in [7, 11) is 0. The predicted molar refractivity (Wildman–Crippen MR) is 98.3 cm³/mol. The van der Waals surface area contributed by atoms with E-state index in [1.807, 2.05) is 0 Å². The zero-order valence-electron chi connectivity index (χ0n) is 14.2. The van der Waals surface area contributed by atoms with Gasteiger partial charge in [-0.2, -0.15) is 11.8 Å². The fourth-order valence-corrected chi connectivity index (χ4v) is 3.50. The van der Waals surface area contributed by atoms with Gasteiger partial charge >= 0.3 is 0 Å². The monoisotopic (exact) mass is 310 g/mol. The van der Waals surface area contributed by atoms with Crippen molar-refractivity contribution in [2.75, 3.05) is 37.7 Å². The average Bonchev–Trinajstić information content (AvgIpc) is 2.53. The van der Waals surface area contributed by atoms with Gasteiger partial charge in [0.15, 0.2) is 0 Å². The van der Waals surface area contributed by atoms with Crippen LogP contribution in [0.1, 0.15) is 46.5 Å². The third-order valence-electron chi connectivity index (χ3n) is 4.11. The molecule has 21 heavy (non-hydrogen) atoms. The minimum absolute atomic E-state index is 0.715. The van der Waals surface area contributed by atoms with E-state index in [9.17, 15) is 0 Å². The SMILES string of the molecule is CCCN(CCNCCSCC1=CC=CCC1)C(C)CC. The second-order valence-electron chi connectivity index (χ2n) is 5.89. The third kappa shape index (κ3) is 8.70. The Morgan fingerprint density at radius 3 is 2.81 bits per heavy atom. The molecular weight excluding hydrogens is 276 g/mol. The molecule has 1 unspecified atom stereocenters. The first-order valence-electron chi connectivity index (χ1n) is 8.65. The predicted octanol–water partition coefficient (Wildman–Crippen LogP) is 4.10. The molecule has 0 saturated heterocycles. The molecule has 0 bridgehead atoms. The van der Waals surface area contributed by atoms with Gasteiger partial charge in [0.2, 0.25) is 0 Å². The van der Waals surface area contributed by atoms with Crippen LogP contribution in [0, 0.1) is 0 Å². The number of hydrogen-bond acceptors (Lipinski definition) is 3. The topological polar surface area (TPSA) is 15.3 Å². The highest BCUT2D eigenvalue weighted by Gasteiger charge is 2.09. The van der Waals surface area contributed by atoms with Gasteiger partial charge < -0.3 is 5.32 Å². The molecule has 1 aliphatic rings. The maximum atomic E-state index is 3.60. The third-order valence-corrected chi connectivity index (χ3v) is 5.18. The number of hydrogen-bond donors (Lipinski definition) is 1.